The second-order valence-corrected chi connectivity index (χ2v) is 13.8. The molecule has 0 spiro atoms. The molecular weight excluding hydrogens is 510 g/mol. The number of aliphatic hydroxyl groups is 1. The monoisotopic (exact) mass is 516 g/mol. The van der Waals surface area contributed by atoms with Crippen molar-refractivity contribution in [2.24, 2.45) is 0 Å². The van der Waals surface area contributed by atoms with E-state index in [2.05, 4.69) is 9.83 Å². The van der Waals surface area contributed by atoms with E-state index in [1.165, 1.54) is 0 Å². The Hall–Kier alpha value is -0.828. The summed E-state index contributed by atoms with van der Waals surface area (Å²) in [5.41, 5.74) is -2.52. The van der Waals surface area contributed by atoms with Crippen molar-refractivity contribution in [1.29, 1.82) is 0 Å². The van der Waals surface area contributed by atoms with Gasteiger partial charge in [-0.1, -0.05) is 0 Å². The third-order valence-electron chi connectivity index (χ3n) is 2.14. The molecule has 11 nitrogen and oxygen atoms in total. The van der Waals surface area contributed by atoms with Gasteiger partial charge in [0.15, 0.2) is 0 Å². The number of rotatable bonds is 2. The van der Waals surface area contributed by atoms with Crippen LogP contribution >= 0.6 is 0 Å². The van der Waals surface area contributed by atoms with Gasteiger partial charge in [0.2, 0.25) is 0 Å². The molecule has 2 aliphatic heterocycles. The Kier molecular flexibility index (Phi) is 3.33. The van der Waals surface area contributed by atoms with Gasteiger partial charge in [-0.25, -0.2) is 0 Å². The van der Waals surface area contributed by atoms with Crippen LogP contribution in [-0.2, 0) is 48.7 Å². The average Bonchev–Trinajstić information content (AvgIpc) is 2.22. The molecule has 0 radical (unpaired) electrons. The zero-order valence-electron chi connectivity index (χ0n) is 8.82. The first kappa shape index (κ1) is 14.6. The van der Waals surface area contributed by atoms with Crippen molar-refractivity contribution in [3.05, 3.63) is 0 Å². The van der Waals surface area contributed by atoms with Gasteiger partial charge in [0.1, 0.15) is 0 Å². The maximum atomic E-state index is 11.5. The van der Waals surface area contributed by atoms with E-state index in [0.29, 0.717) is 0 Å². The summed E-state index contributed by atoms with van der Waals surface area (Å²) >= 11 is -12.2. The molecule has 0 aromatic heterocycles. The number of hydrogen-bond acceptors (Lipinski definition) is 11. The molecule has 2 heterocycles. The van der Waals surface area contributed by atoms with E-state index in [-0.39, 0.29) is 0 Å². The summed E-state index contributed by atoms with van der Waals surface area (Å²) in [5.74, 6) is -4.02. The van der Waals surface area contributed by atoms with Gasteiger partial charge in [-0.2, -0.15) is 0 Å². The molecule has 2 rings (SSSR count). The third kappa shape index (κ3) is 3.02. The van der Waals surface area contributed by atoms with Crippen molar-refractivity contribution >= 4 is 40.9 Å². The van der Waals surface area contributed by atoms with Gasteiger partial charge >= 0.3 is 113 Å². The third-order valence-corrected chi connectivity index (χ3v) is 14.2. The molecule has 13 heteroatoms. The van der Waals surface area contributed by atoms with Crippen LogP contribution in [0.2, 0.25) is 0 Å². The minimum absolute atomic E-state index is 0.933. The summed E-state index contributed by atoms with van der Waals surface area (Å²) in [5, 5.41) is 9.78. The minimum atomic E-state index is -6.16. The molecule has 2 fully saturated rings. The normalized spacial score (nSPS) is 34.9. The fraction of sp³-hybridized carbons (Fsp3) is 0.500. The van der Waals surface area contributed by atoms with Crippen LogP contribution < -0.4 is 0 Å². The zero-order chi connectivity index (χ0) is 14.5. The quantitative estimate of drug-likeness (QED) is 0.395. The Morgan fingerprint density at radius 3 is 1.95 bits per heavy atom. The van der Waals surface area contributed by atoms with Gasteiger partial charge in [-0.3, -0.25) is 0 Å². The summed E-state index contributed by atoms with van der Waals surface area (Å²) in [7, 11) is 0. The fourth-order valence-corrected chi connectivity index (χ4v) is 12.0. The standard InChI is InChI=1S/C6H8O7.Mn.4O.Pb/c7-3(8)1-6(13,5(11)12)2-4(9)10;;;;;;/h13H,1-2H2,(H,7,8)(H,9,10)(H,11,12);;;;;;/q;;;;;;+3/p-3. The second kappa shape index (κ2) is 4.34. The molecule has 0 aromatic rings. The second-order valence-electron chi connectivity index (χ2n) is 3.68. The molecule has 0 unspecified atom stereocenters. The molecule has 0 amide bonds. The topological polar surface area (TPSA) is 160 Å². The van der Waals surface area contributed by atoms with Gasteiger partial charge in [-0.15, -0.1) is 0 Å². The van der Waals surface area contributed by atoms with E-state index in [4.69, 9.17) is 0 Å². The molecule has 2 aliphatic rings. The molecule has 19 heavy (non-hydrogen) atoms. The van der Waals surface area contributed by atoms with Gasteiger partial charge in [0.05, 0.1) is 0 Å². The number of carbonyl (C=O) groups excluding carboxylic acids is 3. The molecule has 0 atom stereocenters. The van der Waals surface area contributed by atoms with E-state index in [9.17, 15) is 31.0 Å². The van der Waals surface area contributed by atoms with Crippen LogP contribution in [0.4, 0.5) is 0 Å². The first-order valence-corrected chi connectivity index (χ1v) is 12.8. The van der Waals surface area contributed by atoms with Crippen molar-refractivity contribution in [3.63, 3.8) is 0 Å². The molecule has 1 N–H and O–H groups in total. The van der Waals surface area contributed by atoms with E-state index in [0.717, 1.165) is 0 Å². The Labute approximate surface area is 113 Å². The van der Waals surface area contributed by atoms with Crippen molar-refractivity contribution in [2.45, 2.75) is 18.4 Å². The van der Waals surface area contributed by atoms with Gasteiger partial charge < -0.3 is 0 Å². The predicted octanol–water partition coefficient (Wildman–Crippen LogP) is -2.29. The van der Waals surface area contributed by atoms with Crippen LogP contribution in [0, 0.1) is 0 Å². The summed E-state index contributed by atoms with van der Waals surface area (Å²) in [4.78, 5) is 34.2. The van der Waals surface area contributed by atoms with Crippen molar-refractivity contribution in [1.82, 2.24) is 0 Å². The van der Waals surface area contributed by atoms with E-state index < -0.39 is 72.3 Å². The molecule has 0 saturated carbocycles. The summed E-state index contributed by atoms with van der Waals surface area (Å²) in [6.45, 7) is 0. The van der Waals surface area contributed by atoms with Crippen LogP contribution in [0.25, 0.3) is 0 Å². The van der Waals surface area contributed by atoms with Crippen LogP contribution in [-0.4, -0.2) is 51.6 Å². The van der Waals surface area contributed by atoms with Gasteiger partial charge in [-0.05, 0) is 0 Å². The van der Waals surface area contributed by atoms with Crippen molar-refractivity contribution in [2.75, 3.05) is 0 Å². The number of hydrogen-bond donors (Lipinski definition) is 1. The average molecular weight is 515 g/mol. The van der Waals surface area contributed by atoms with Crippen LogP contribution in [0.1, 0.15) is 12.8 Å². The SMILES string of the molecule is O=C1CC2(O)CC(=O)[O][Pb]([O][Mn](=[O])(=[O])=[O])([O]1)[O]C2=O. The van der Waals surface area contributed by atoms with E-state index in [1.807, 2.05) is 0 Å². The molecule has 2 bridgehead atoms. The number of fused-ring (bicyclic) bond motifs is 3. The van der Waals surface area contributed by atoms with E-state index >= 15 is 0 Å². The Bertz CT molecular complexity index is 593. The first-order valence-electron chi connectivity index (χ1n) is 4.55. The molecule has 106 valence electrons. The Morgan fingerprint density at radius 1 is 1.05 bits per heavy atom. The molecule has 2 saturated heterocycles. The van der Waals surface area contributed by atoms with Crippen LogP contribution in [0.15, 0.2) is 0 Å². The van der Waals surface area contributed by atoms with Crippen LogP contribution in [0.3, 0.4) is 0 Å². The summed E-state index contributed by atoms with van der Waals surface area (Å²) in [6, 6.07) is 0. The van der Waals surface area contributed by atoms with Crippen molar-refractivity contribution in [3.8, 4) is 0 Å². The Balaban J connectivity index is 2.53. The molecule has 0 aliphatic carbocycles. The fourth-order valence-electron chi connectivity index (χ4n) is 1.47. The van der Waals surface area contributed by atoms with Crippen molar-refractivity contribution < 1.29 is 53.8 Å². The maximum absolute atomic E-state index is 11.5. The van der Waals surface area contributed by atoms with Gasteiger partial charge in [0, 0.05) is 0 Å². The first-order chi connectivity index (χ1) is 8.54. The Morgan fingerprint density at radius 2 is 1.53 bits per heavy atom. The molecule has 0 aromatic carbocycles. The number of carbonyl (C=O) groups is 3. The van der Waals surface area contributed by atoms with Gasteiger partial charge in [0.25, 0.3) is 0 Å². The molecular formula is C6H5MnO11Pb. The summed E-state index contributed by atoms with van der Waals surface area (Å²) < 4.78 is 48.9. The predicted molar refractivity (Wildman–Crippen MR) is 41.4 cm³/mol. The van der Waals surface area contributed by atoms with E-state index in [1.54, 1.807) is 0 Å². The zero-order valence-corrected chi connectivity index (χ0v) is 13.9. The summed E-state index contributed by atoms with van der Waals surface area (Å²) in [6.07, 6.45) is -1.87. The van der Waals surface area contributed by atoms with Crippen LogP contribution in [0.5, 0.6) is 0 Å².